The molecule has 0 rings (SSSR count). The van der Waals surface area contributed by atoms with Gasteiger partial charge in [0.1, 0.15) is 17.3 Å². The number of hydrogen-bond acceptors (Lipinski definition) is 14. The molecule has 0 aromatic heterocycles. The molecule has 0 aliphatic heterocycles. The number of carbonyl (C=O) groups is 3. The van der Waals surface area contributed by atoms with Gasteiger partial charge in [-0.3, -0.25) is 14.4 Å². The van der Waals surface area contributed by atoms with Gasteiger partial charge in [0.25, 0.3) is 0 Å². The Kier molecular flexibility index (Phi) is 57.6. The van der Waals surface area contributed by atoms with Crippen LogP contribution in [0.2, 0.25) is 0 Å². The number of ketones is 3. The normalized spacial score (nSPS) is 12.2. The first-order valence-corrected chi connectivity index (χ1v) is 19.4. The Hall–Kier alpha value is 1.30. The maximum Gasteiger partial charge on any atom is 0.144 e. The third-order valence-electron chi connectivity index (χ3n) is 4.55. The van der Waals surface area contributed by atoms with E-state index in [-0.39, 0.29) is 27.3 Å². The number of rotatable bonds is 13. The molecule has 0 radical (unpaired) electrons. The van der Waals surface area contributed by atoms with Crippen LogP contribution < -0.4 is 21.3 Å². The van der Waals surface area contributed by atoms with Crippen LogP contribution in [0.15, 0.2) is 0 Å². The summed E-state index contributed by atoms with van der Waals surface area (Å²) in [5.74, 6) is 2.55. The highest BCUT2D eigenvalue weighted by Crippen LogP contribution is 2.11. The second-order valence-corrected chi connectivity index (χ2v) is 17.3. The largest absolute Gasteiger partial charge is 0.319 e. The topological polar surface area (TPSA) is 99.3 Å². The van der Waals surface area contributed by atoms with E-state index in [0.717, 1.165) is 31.1 Å². The van der Waals surface area contributed by atoms with E-state index < -0.39 is 4.75 Å². The quantitative estimate of drug-likeness (QED) is 0.0993. The molecule has 3 atom stereocenters. The Bertz CT molecular complexity index is 655. The molecule has 14 heteroatoms. The minimum Gasteiger partial charge on any atom is -0.319 e. The van der Waals surface area contributed by atoms with E-state index in [4.69, 9.17) is 0 Å². The molecule has 0 aliphatic rings. The van der Waals surface area contributed by atoms with Crippen LogP contribution in [0.3, 0.4) is 0 Å². The first-order chi connectivity index (χ1) is 20.6. The molecule has 0 amide bonds. The summed E-state index contributed by atoms with van der Waals surface area (Å²) >= 11 is 28.1. The first kappa shape index (κ1) is 62.4. The third-order valence-corrected chi connectivity index (χ3v) is 6.78. The lowest BCUT2D eigenvalue weighted by Gasteiger charge is -2.19. The average molecular weight is 789 g/mol. The highest BCUT2D eigenvalue weighted by Gasteiger charge is 2.16. The summed E-state index contributed by atoms with van der Waals surface area (Å²) in [6.45, 7) is 29.7. The molecule has 4 N–H and O–H groups in total. The summed E-state index contributed by atoms with van der Waals surface area (Å²) in [4.78, 5) is 30.2. The van der Waals surface area contributed by atoms with Crippen LogP contribution >= 0.6 is 88.4 Å². The molecule has 0 saturated carbocycles. The standard InChI is InChI=1S/C7H17NS.C5H13NS.C5H10OS.2C4H11NS.C4H8OS.C3H6OS/c1-6(2)8-5-7(3,4)9;1-5(2)6-3-4-7;1-4(6)5(2,3)7;1-4(3-6)5-2;1-4(6)3-5-2;1-3(5)4(2)6;1-3(4)2-5/h6,8-9H,5H2,1-4H3;5-7H,3-4H2,1-2H3;7H,1-3H3;2*4-6H,3H2,1-2H3;4,6H,1-2H3;5H,2H2,1H3. The van der Waals surface area contributed by atoms with Crippen LogP contribution in [-0.2, 0) is 14.4 Å². The van der Waals surface area contributed by atoms with Gasteiger partial charge in [-0.15, -0.1) is 0 Å². The van der Waals surface area contributed by atoms with Crippen LogP contribution in [0.5, 0.6) is 0 Å². The van der Waals surface area contributed by atoms with Crippen molar-refractivity contribution in [2.24, 2.45) is 0 Å². The van der Waals surface area contributed by atoms with Gasteiger partial charge in [0.2, 0.25) is 0 Å². The lowest BCUT2D eigenvalue weighted by atomic mass is 10.1. The molecule has 0 aromatic carbocycles. The average Bonchev–Trinajstić information content (AvgIpc) is 2.91. The predicted molar refractivity (Wildman–Crippen MR) is 235 cm³/mol. The van der Waals surface area contributed by atoms with Crippen LogP contribution in [0, 0.1) is 0 Å². The summed E-state index contributed by atoms with van der Waals surface area (Å²) < 4.78 is -0.329. The first-order valence-electron chi connectivity index (χ1n) is 15.6. The lowest BCUT2D eigenvalue weighted by Crippen LogP contribution is -2.34. The predicted octanol–water partition coefficient (Wildman–Crippen LogP) is 6.34. The van der Waals surface area contributed by atoms with E-state index in [0.29, 0.717) is 29.1 Å². The molecule has 0 bridgehead atoms. The fourth-order valence-corrected chi connectivity index (χ4v) is 1.78. The van der Waals surface area contributed by atoms with Crippen molar-refractivity contribution in [2.45, 2.75) is 135 Å². The molecule has 0 saturated heterocycles. The minimum atomic E-state index is -0.444. The minimum absolute atomic E-state index is 0.0926. The second kappa shape index (κ2) is 42.5. The van der Waals surface area contributed by atoms with Gasteiger partial charge in [-0.05, 0) is 76.4 Å². The van der Waals surface area contributed by atoms with Crippen LogP contribution in [0.1, 0.15) is 96.9 Å². The van der Waals surface area contributed by atoms with E-state index >= 15 is 0 Å². The molecule has 0 aromatic rings. The van der Waals surface area contributed by atoms with E-state index in [1.165, 1.54) is 20.8 Å². The number of Topliss-reactive ketones (excluding diaryl/α,β-unsaturated/α-hetero) is 3. The molecule has 0 fully saturated rings. The molecular weight excluding hydrogens is 713 g/mol. The van der Waals surface area contributed by atoms with Crippen LogP contribution in [0.25, 0.3) is 0 Å². The van der Waals surface area contributed by atoms with Crippen molar-refractivity contribution in [1.82, 2.24) is 21.3 Å². The van der Waals surface area contributed by atoms with Crippen molar-refractivity contribution in [3.05, 3.63) is 0 Å². The van der Waals surface area contributed by atoms with Gasteiger partial charge in [0, 0.05) is 65.0 Å². The van der Waals surface area contributed by atoms with Crippen molar-refractivity contribution in [2.75, 3.05) is 51.0 Å². The Morgan fingerprint density at radius 1 is 0.739 bits per heavy atom. The summed E-state index contributed by atoms with van der Waals surface area (Å²) in [7, 11) is 3.85. The van der Waals surface area contributed by atoms with E-state index in [9.17, 15) is 14.4 Å². The van der Waals surface area contributed by atoms with Gasteiger partial charge in [-0.1, -0.05) is 34.6 Å². The zero-order valence-corrected chi connectivity index (χ0v) is 38.2. The van der Waals surface area contributed by atoms with Crippen molar-refractivity contribution in [1.29, 1.82) is 0 Å². The molecule has 7 nitrogen and oxygen atoms in total. The maximum absolute atomic E-state index is 10.4. The van der Waals surface area contributed by atoms with Crippen molar-refractivity contribution >= 4 is 106 Å². The number of carbonyl (C=O) groups excluding carboxylic acids is 3. The van der Waals surface area contributed by atoms with E-state index in [2.05, 4.69) is 165 Å². The van der Waals surface area contributed by atoms with Crippen molar-refractivity contribution in [3.63, 3.8) is 0 Å². The summed E-state index contributed by atoms with van der Waals surface area (Å²) in [6, 6.07) is 1.72. The monoisotopic (exact) mass is 788 g/mol. The summed E-state index contributed by atoms with van der Waals surface area (Å²) in [5, 5.41) is 12.9. The zero-order valence-electron chi connectivity index (χ0n) is 32.0. The second-order valence-electron chi connectivity index (χ2n) is 12.2. The van der Waals surface area contributed by atoms with Gasteiger partial charge < -0.3 is 21.3 Å². The van der Waals surface area contributed by atoms with Gasteiger partial charge in [0.05, 0.1) is 10.00 Å². The molecule has 284 valence electrons. The highest BCUT2D eigenvalue weighted by molar-refractivity contribution is 7.82. The smallest absolute Gasteiger partial charge is 0.144 e. The molecule has 3 unspecified atom stereocenters. The fourth-order valence-electron chi connectivity index (χ4n) is 1.19. The van der Waals surface area contributed by atoms with Gasteiger partial charge in [-0.2, -0.15) is 88.4 Å². The van der Waals surface area contributed by atoms with Crippen molar-refractivity contribution in [3.8, 4) is 0 Å². The highest BCUT2D eigenvalue weighted by atomic mass is 32.1. The van der Waals surface area contributed by atoms with Crippen LogP contribution in [0.4, 0.5) is 0 Å². The Balaban J connectivity index is -0.0000000777. The Morgan fingerprint density at radius 2 is 1.09 bits per heavy atom. The zero-order chi connectivity index (χ0) is 38.7. The van der Waals surface area contributed by atoms with E-state index in [1.807, 2.05) is 14.1 Å². The molecular formula is C32H76N4O3S7. The molecule has 0 spiro atoms. The summed E-state index contributed by atoms with van der Waals surface area (Å²) in [6.07, 6.45) is 0. The number of thiol groups is 7. The maximum atomic E-state index is 10.4. The van der Waals surface area contributed by atoms with Gasteiger partial charge in [0.15, 0.2) is 0 Å². The fraction of sp³-hybridized carbons (Fsp3) is 0.906. The summed E-state index contributed by atoms with van der Waals surface area (Å²) in [5.41, 5.74) is 0. The Morgan fingerprint density at radius 3 is 1.13 bits per heavy atom. The van der Waals surface area contributed by atoms with Gasteiger partial charge >= 0.3 is 0 Å². The van der Waals surface area contributed by atoms with Crippen molar-refractivity contribution < 1.29 is 14.4 Å². The third kappa shape index (κ3) is 96.8. The molecule has 46 heavy (non-hydrogen) atoms. The molecule has 0 aliphatic carbocycles. The van der Waals surface area contributed by atoms with Crippen LogP contribution in [-0.4, -0.2) is 106 Å². The van der Waals surface area contributed by atoms with E-state index in [1.54, 1.807) is 20.8 Å². The number of hydrogen-bond donors (Lipinski definition) is 11. The lowest BCUT2D eigenvalue weighted by molar-refractivity contribution is -0.118. The SMILES string of the molecule is CC(=O)C(C)(C)S.CC(=O)C(C)S.CC(=O)CS.CC(C)NCC(C)(C)S.CC(C)NCCS.CNC(C)CS.CNCC(C)S. The Labute approximate surface area is 325 Å². The van der Waals surface area contributed by atoms with Gasteiger partial charge in [-0.25, -0.2) is 0 Å². The molecule has 0 heterocycles. The number of nitrogens with one attached hydrogen (secondary N) is 4.